The van der Waals surface area contributed by atoms with Crippen molar-refractivity contribution in [3.63, 3.8) is 0 Å². The van der Waals surface area contributed by atoms with Gasteiger partial charge in [0.25, 0.3) is 0 Å². The molecular formula is C5H10NS. The summed E-state index contributed by atoms with van der Waals surface area (Å²) in [7, 11) is 0. The first kappa shape index (κ1) is 5.45. The van der Waals surface area contributed by atoms with E-state index in [2.05, 4.69) is 12.2 Å². The number of hydrogen-bond acceptors (Lipinski definition) is 2. The topological polar surface area (TPSA) is 12.0 Å². The Kier molecular flexibility index (Phi) is 2.00. The molecule has 1 aliphatic heterocycles. The normalized spacial score (nSPS) is 31.3. The molecule has 1 nitrogen and oxygen atoms in total. The molecule has 1 aliphatic rings. The zero-order chi connectivity index (χ0) is 5.11. The van der Waals surface area contributed by atoms with Crippen LogP contribution in [-0.4, -0.2) is 17.7 Å². The van der Waals surface area contributed by atoms with Crippen molar-refractivity contribution in [3.05, 3.63) is 6.92 Å². The van der Waals surface area contributed by atoms with E-state index in [-0.39, 0.29) is 0 Å². The van der Waals surface area contributed by atoms with Crippen LogP contribution in [0.5, 0.6) is 0 Å². The van der Waals surface area contributed by atoms with Crippen LogP contribution >= 0.6 is 11.8 Å². The molecule has 0 spiro atoms. The quantitative estimate of drug-likeness (QED) is 0.545. The molecule has 0 bridgehead atoms. The lowest BCUT2D eigenvalue weighted by Crippen LogP contribution is -2.21. The summed E-state index contributed by atoms with van der Waals surface area (Å²) in [5.74, 6) is 2.38. The highest BCUT2D eigenvalue weighted by Gasteiger charge is 2.10. The maximum Gasteiger partial charge on any atom is 0.0420 e. The summed E-state index contributed by atoms with van der Waals surface area (Å²) in [4.78, 5) is 0. The number of nitrogens with one attached hydrogen (secondary N) is 1. The van der Waals surface area contributed by atoms with E-state index >= 15 is 0 Å². The lowest BCUT2D eigenvalue weighted by atomic mass is 10.3. The molecule has 1 saturated heterocycles. The van der Waals surface area contributed by atoms with E-state index in [1.54, 1.807) is 0 Å². The Hall–Kier alpha value is 0.310. The minimum absolute atomic E-state index is 0.699. The highest BCUT2D eigenvalue weighted by molar-refractivity contribution is 7.99. The fraction of sp³-hybridized carbons (Fsp3) is 0.800. The van der Waals surface area contributed by atoms with Crippen LogP contribution in [-0.2, 0) is 0 Å². The molecule has 2 heteroatoms. The van der Waals surface area contributed by atoms with Crippen molar-refractivity contribution in [1.29, 1.82) is 0 Å². The van der Waals surface area contributed by atoms with Gasteiger partial charge in [0.05, 0.1) is 0 Å². The molecule has 7 heavy (non-hydrogen) atoms. The van der Waals surface area contributed by atoms with Gasteiger partial charge in [-0.15, -0.1) is 11.8 Å². The molecule has 0 amide bonds. The van der Waals surface area contributed by atoms with Crippen LogP contribution in [0, 0.1) is 6.92 Å². The first-order valence-electron chi connectivity index (χ1n) is 2.54. The van der Waals surface area contributed by atoms with Crippen molar-refractivity contribution in [1.82, 2.24) is 5.32 Å². The second-order valence-electron chi connectivity index (χ2n) is 1.70. The Morgan fingerprint density at radius 3 is 3.00 bits per heavy atom. The third kappa shape index (κ3) is 1.35. The van der Waals surface area contributed by atoms with E-state index < -0.39 is 0 Å². The summed E-state index contributed by atoms with van der Waals surface area (Å²) in [5, 5.41) is 3.31. The molecule has 1 unspecified atom stereocenters. The van der Waals surface area contributed by atoms with Crippen molar-refractivity contribution < 1.29 is 0 Å². The van der Waals surface area contributed by atoms with Crippen molar-refractivity contribution in [2.24, 2.45) is 0 Å². The fourth-order valence-electron chi connectivity index (χ4n) is 0.622. The van der Waals surface area contributed by atoms with Gasteiger partial charge in [0.1, 0.15) is 0 Å². The Morgan fingerprint density at radius 2 is 2.71 bits per heavy atom. The largest absolute Gasteiger partial charge is 0.304 e. The molecule has 1 radical (unpaired) electrons. The zero-order valence-corrected chi connectivity index (χ0v) is 5.13. The Labute approximate surface area is 48.9 Å². The van der Waals surface area contributed by atoms with Gasteiger partial charge in [-0.1, -0.05) is 6.92 Å². The molecule has 0 saturated carbocycles. The first-order valence-corrected chi connectivity index (χ1v) is 3.69. The zero-order valence-electron chi connectivity index (χ0n) is 4.31. The van der Waals surface area contributed by atoms with Crippen LogP contribution in [0.3, 0.4) is 0 Å². The van der Waals surface area contributed by atoms with Gasteiger partial charge in [-0.25, -0.2) is 0 Å². The molecule has 1 atom stereocenters. The van der Waals surface area contributed by atoms with Crippen molar-refractivity contribution in [2.75, 3.05) is 11.6 Å². The summed E-state index contributed by atoms with van der Waals surface area (Å²) in [6, 6.07) is 0.699. The maximum atomic E-state index is 3.79. The molecule has 0 aliphatic carbocycles. The van der Waals surface area contributed by atoms with E-state index in [0.717, 1.165) is 12.3 Å². The first-order chi connectivity index (χ1) is 3.43. The predicted molar refractivity (Wildman–Crippen MR) is 34.2 cm³/mol. The SMILES string of the molecule is [CH2]CC1CSCN1. The van der Waals surface area contributed by atoms with Crippen LogP contribution in [0.15, 0.2) is 0 Å². The Balaban J connectivity index is 2.14. The van der Waals surface area contributed by atoms with Gasteiger partial charge in [-0.05, 0) is 6.42 Å². The minimum atomic E-state index is 0.699. The Bertz CT molecular complexity index is 50.0. The standard InChI is InChI=1S/C5H10NS/c1-2-5-3-7-4-6-5/h5-6H,1-4H2. The maximum absolute atomic E-state index is 3.79. The molecule has 0 aromatic carbocycles. The van der Waals surface area contributed by atoms with Gasteiger partial charge in [0.15, 0.2) is 0 Å². The van der Waals surface area contributed by atoms with E-state index in [4.69, 9.17) is 0 Å². The van der Waals surface area contributed by atoms with Gasteiger partial charge < -0.3 is 5.32 Å². The average molecular weight is 116 g/mol. The minimum Gasteiger partial charge on any atom is -0.304 e. The van der Waals surface area contributed by atoms with Crippen LogP contribution in [0.4, 0.5) is 0 Å². The van der Waals surface area contributed by atoms with Crippen LogP contribution in [0.1, 0.15) is 6.42 Å². The van der Waals surface area contributed by atoms with Gasteiger partial charge in [0.2, 0.25) is 0 Å². The van der Waals surface area contributed by atoms with Gasteiger partial charge in [0, 0.05) is 17.7 Å². The lowest BCUT2D eigenvalue weighted by molar-refractivity contribution is 0.640. The molecule has 1 heterocycles. The smallest absolute Gasteiger partial charge is 0.0420 e. The third-order valence-corrected chi connectivity index (χ3v) is 2.15. The second kappa shape index (κ2) is 2.58. The molecule has 0 aromatic heterocycles. The molecular weight excluding hydrogens is 106 g/mol. The number of thioether (sulfide) groups is 1. The molecule has 0 aromatic rings. The highest BCUT2D eigenvalue weighted by atomic mass is 32.2. The van der Waals surface area contributed by atoms with E-state index in [0.29, 0.717) is 6.04 Å². The van der Waals surface area contributed by atoms with E-state index in [1.165, 1.54) is 5.75 Å². The molecule has 41 valence electrons. The summed E-state index contributed by atoms with van der Waals surface area (Å²) >= 11 is 1.96. The van der Waals surface area contributed by atoms with Gasteiger partial charge >= 0.3 is 0 Å². The summed E-state index contributed by atoms with van der Waals surface area (Å²) in [6.07, 6.45) is 1.03. The predicted octanol–water partition coefficient (Wildman–Crippen LogP) is 0.873. The van der Waals surface area contributed by atoms with E-state index in [1.807, 2.05) is 11.8 Å². The van der Waals surface area contributed by atoms with Crippen molar-refractivity contribution in [2.45, 2.75) is 12.5 Å². The van der Waals surface area contributed by atoms with Crippen LogP contribution < -0.4 is 5.32 Å². The summed E-state index contributed by atoms with van der Waals surface area (Å²) in [5.41, 5.74) is 0. The second-order valence-corrected chi connectivity index (χ2v) is 2.74. The highest BCUT2D eigenvalue weighted by Crippen LogP contribution is 2.10. The van der Waals surface area contributed by atoms with Crippen LogP contribution in [0.25, 0.3) is 0 Å². The average Bonchev–Trinajstić information content (AvgIpc) is 2.14. The number of hydrogen-bond donors (Lipinski definition) is 1. The van der Waals surface area contributed by atoms with Crippen molar-refractivity contribution in [3.8, 4) is 0 Å². The lowest BCUT2D eigenvalue weighted by Gasteiger charge is -2.00. The van der Waals surface area contributed by atoms with Gasteiger partial charge in [-0.2, -0.15) is 0 Å². The Morgan fingerprint density at radius 1 is 1.86 bits per heavy atom. The monoisotopic (exact) mass is 116 g/mol. The van der Waals surface area contributed by atoms with Crippen LogP contribution in [0.2, 0.25) is 0 Å². The van der Waals surface area contributed by atoms with Gasteiger partial charge in [-0.3, -0.25) is 0 Å². The molecule has 1 N–H and O–H groups in total. The third-order valence-electron chi connectivity index (χ3n) is 1.14. The summed E-state index contributed by atoms with van der Waals surface area (Å²) in [6.45, 7) is 3.79. The molecule has 1 fully saturated rings. The molecule has 1 rings (SSSR count). The fourth-order valence-corrected chi connectivity index (χ4v) is 1.66. The number of rotatable bonds is 1. The van der Waals surface area contributed by atoms with Crippen molar-refractivity contribution >= 4 is 11.8 Å². The van der Waals surface area contributed by atoms with E-state index in [9.17, 15) is 0 Å². The summed E-state index contributed by atoms with van der Waals surface area (Å²) < 4.78 is 0.